The molecule has 1 aromatic rings. The lowest BCUT2D eigenvalue weighted by atomic mass is 9.84. The molecule has 21 heavy (non-hydrogen) atoms. The third-order valence-electron chi connectivity index (χ3n) is 4.58. The number of esters is 1. The van der Waals surface area contributed by atoms with Crippen molar-refractivity contribution in [3.8, 4) is 0 Å². The molecule has 6 heteroatoms. The lowest BCUT2D eigenvalue weighted by Crippen LogP contribution is -2.43. The molecule has 0 spiro atoms. The fourth-order valence-electron chi connectivity index (χ4n) is 3.48. The van der Waals surface area contributed by atoms with Crippen molar-refractivity contribution in [2.45, 2.75) is 36.8 Å². The number of benzene rings is 1. The van der Waals surface area contributed by atoms with E-state index >= 15 is 0 Å². The lowest BCUT2D eigenvalue weighted by Gasteiger charge is -2.29. The summed E-state index contributed by atoms with van der Waals surface area (Å²) in [6, 6.07) is 9.54. The van der Waals surface area contributed by atoms with Crippen molar-refractivity contribution in [2.24, 2.45) is 5.92 Å². The maximum absolute atomic E-state index is 12.1. The van der Waals surface area contributed by atoms with Gasteiger partial charge in [0.25, 0.3) is 0 Å². The van der Waals surface area contributed by atoms with E-state index < -0.39 is 16.8 Å². The van der Waals surface area contributed by atoms with Crippen LogP contribution in [0.2, 0.25) is 0 Å². The van der Waals surface area contributed by atoms with Crippen LogP contribution in [0.4, 0.5) is 0 Å². The average molecular weight is 306 g/mol. The van der Waals surface area contributed by atoms with Crippen LogP contribution < -0.4 is 0 Å². The van der Waals surface area contributed by atoms with Crippen LogP contribution in [0.1, 0.15) is 18.9 Å². The fraction of sp³-hybridized carbons (Fsp3) is 0.533. The fourth-order valence-corrected chi connectivity index (χ4v) is 5.77. The van der Waals surface area contributed by atoms with Gasteiger partial charge < -0.3 is 14.0 Å². The SMILES string of the molecule is B[C@@H]1O[C@]2(CC(=O)OCc3ccccc3)C[S+]([O-])[C@@H]1C2C. The molecule has 2 aliphatic rings. The van der Waals surface area contributed by atoms with E-state index in [1.807, 2.05) is 45.1 Å². The van der Waals surface area contributed by atoms with Gasteiger partial charge in [-0.2, -0.15) is 0 Å². The van der Waals surface area contributed by atoms with E-state index in [-0.39, 0.29) is 36.2 Å². The number of carbonyl (C=O) groups is 1. The standard InChI is InChI=1S/C15H19BO4S/c1-10-13-14(16)20-15(10,9-21(13)18)7-12(17)19-8-11-5-3-2-4-6-11/h2-6,10,13-14H,7-9,16H2,1H3/t10?,13-,14-,15-,21?/m1/s1. The minimum Gasteiger partial charge on any atom is -0.616 e. The highest BCUT2D eigenvalue weighted by Crippen LogP contribution is 2.49. The summed E-state index contributed by atoms with van der Waals surface area (Å²) >= 11 is -0.900. The molecule has 0 radical (unpaired) electrons. The van der Waals surface area contributed by atoms with E-state index in [0.717, 1.165) is 5.56 Å². The first-order valence-corrected chi connectivity index (χ1v) is 8.64. The van der Waals surface area contributed by atoms with Gasteiger partial charge in [-0.3, -0.25) is 4.79 Å². The third kappa shape index (κ3) is 2.72. The topological polar surface area (TPSA) is 58.6 Å². The van der Waals surface area contributed by atoms with Crippen molar-refractivity contribution in [3.63, 3.8) is 0 Å². The molecule has 0 aliphatic carbocycles. The van der Waals surface area contributed by atoms with E-state index in [9.17, 15) is 9.35 Å². The molecule has 2 unspecified atom stereocenters. The van der Waals surface area contributed by atoms with E-state index in [1.165, 1.54) is 0 Å². The molecule has 3 rings (SSSR count). The lowest BCUT2D eigenvalue weighted by molar-refractivity contribution is -0.152. The molecular formula is C15H19BO4S. The Bertz CT molecular complexity index is 512. The van der Waals surface area contributed by atoms with E-state index in [2.05, 4.69) is 0 Å². The molecule has 2 fully saturated rings. The van der Waals surface area contributed by atoms with Crippen LogP contribution in [0, 0.1) is 5.92 Å². The first-order chi connectivity index (χ1) is 10.0. The predicted octanol–water partition coefficient (Wildman–Crippen LogP) is 0.615. The minimum atomic E-state index is -0.900. The van der Waals surface area contributed by atoms with Crippen molar-refractivity contribution >= 4 is 25.0 Å². The summed E-state index contributed by atoms with van der Waals surface area (Å²) in [7, 11) is 1.94. The van der Waals surface area contributed by atoms with Crippen LogP contribution >= 0.6 is 0 Å². The van der Waals surface area contributed by atoms with Crippen LogP contribution in [0.15, 0.2) is 30.3 Å². The van der Waals surface area contributed by atoms with Crippen LogP contribution in [-0.2, 0) is 32.1 Å². The number of carbonyl (C=O) groups excluding carboxylic acids is 1. The third-order valence-corrected chi connectivity index (χ3v) is 6.75. The van der Waals surface area contributed by atoms with Crippen molar-refractivity contribution < 1.29 is 18.8 Å². The largest absolute Gasteiger partial charge is 0.616 e. The Morgan fingerprint density at radius 3 is 2.86 bits per heavy atom. The van der Waals surface area contributed by atoms with Crippen molar-refractivity contribution in [1.82, 2.24) is 0 Å². The second kappa shape index (κ2) is 5.67. The maximum atomic E-state index is 12.1. The van der Waals surface area contributed by atoms with Gasteiger partial charge in [-0.1, -0.05) is 37.3 Å². The molecule has 0 saturated carbocycles. The smallest absolute Gasteiger partial charge is 0.309 e. The first-order valence-electron chi connectivity index (χ1n) is 7.26. The van der Waals surface area contributed by atoms with E-state index in [0.29, 0.717) is 5.75 Å². The molecule has 5 atom stereocenters. The molecule has 2 saturated heterocycles. The zero-order valence-corrected chi connectivity index (χ0v) is 13.1. The van der Waals surface area contributed by atoms with Gasteiger partial charge in [-0.15, -0.1) is 0 Å². The van der Waals surface area contributed by atoms with Gasteiger partial charge in [0.2, 0.25) is 0 Å². The van der Waals surface area contributed by atoms with Crippen molar-refractivity contribution in [2.75, 3.05) is 5.75 Å². The Morgan fingerprint density at radius 1 is 1.52 bits per heavy atom. The normalized spacial score (nSPS) is 37.6. The number of hydrogen-bond acceptors (Lipinski definition) is 4. The Kier molecular flexibility index (Phi) is 4.03. The summed E-state index contributed by atoms with van der Waals surface area (Å²) in [6.45, 7) is 2.30. The second-order valence-electron chi connectivity index (χ2n) is 5.99. The molecule has 0 aromatic heterocycles. The molecule has 1 aromatic carbocycles. The molecule has 2 aliphatic heterocycles. The zero-order chi connectivity index (χ0) is 15.0. The van der Waals surface area contributed by atoms with Crippen LogP contribution in [0.25, 0.3) is 0 Å². The first kappa shape index (κ1) is 14.9. The van der Waals surface area contributed by atoms with Crippen LogP contribution in [-0.4, -0.2) is 41.0 Å². The summed E-state index contributed by atoms with van der Waals surface area (Å²) in [5.41, 5.74) is 0.368. The van der Waals surface area contributed by atoms with Crippen molar-refractivity contribution in [1.29, 1.82) is 0 Å². The molecule has 2 heterocycles. The number of ether oxygens (including phenoxy) is 2. The van der Waals surface area contributed by atoms with Crippen molar-refractivity contribution in [3.05, 3.63) is 35.9 Å². The van der Waals surface area contributed by atoms with Gasteiger partial charge in [0.1, 0.15) is 31.1 Å². The molecule has 0 amide bonds. The van der Waals surface area contributed by atoms with Gasteiger partial charge in [0.15, 0.2) is 0 Å². The van der Waals surface area contributed by atoms with E-state index in [1.54, 1.807) is 0 Å². The molecule has 4 nitrogen and oxygen atoms in total. The summed E-state index contributed by atoms with van der Waals surface area (Å²) in [5.74, 6) is 0.305. The van der Waals surface area contributed by atoms with Gasteiger partial charge in [0.05, 0.1) is 12.4 Å². The highest BCUT2D eigenvalue weighted by Gasteiger charge is 2.65. The molecule has 2 bridgehead atoms. The minimum absolute atomic E-state index is 0.0449. The second-order valence-corrected chi connectivity index (χ2v) is 7.58. The number of fused-ring (bicyclic) bond motifs is 2. The quantitative estimate of drug-likeness (QED) is 0.465. The molecule has 0 N–H and O–H groups in total. The highest BCUT2D eigenvalue weighted by atomic mass is 32.2. The Morgan fingerprint density at radius 2 is 2.24 bits per heavy atom. The summed E-state index contributed by atoms with van der Waals surface area (Å²) in [5, 5.41) is 0.0481. The van der Waals surface area contributed by atoms with Gasteiger partial charge >= 0.3 is 5.97 Å². The van der Waals surface area contributed by atoms with Crippen LogP contribution in [0.5, 0.6) is 0 Å². The van der Waals surface area contributed by atoms with Gasteiger partial charge in [-0.05, 0) is 16.7 Å². The summed E-state index contributed by atoms with van der Waals surface area (Å²) in [4.78, 5) is 12.1. The zero-order valence-electron chi connectivity index (χ0n) is 12.3. The van der Waals surface area contributed by atoms with Gasteiger partial charge in [-0.25, -0.2) is 0 Å². The van der Waals surface area contributed by atoms with E-state index in [4.69, 9.17) is 9.47 Å². The van der Waals surface area contributed by atoms with Gasteiger partial charge in [0, 0.05) is 5.92 Å². The maximum Gasteiger partial charge on any atom is 0.309 e. The molecular weight excluding hydrogens is 287 g/mol. The Balaban J connectivity index is 1.60. The monoisotopic (exact) mass is 306 g/mol. The summed E-state index contributed by atoms with van der Waals surface area (Å²) in [6.07, 6.45) is 0.188. The average Bonchev–Trinajstić information content (AvgIpc) is 2.82. The number of hydrogen-bond donors (Lipinski definition) is 0. The highest BCUT2D eigenvalue weighted by molar-refractivity contribution is 7.92. The summed E-state index contributed by atoms with van der Waals surface area (Å²) < 4.78 is 23.4. The predicted molar refractivity (Wildman–Crippen MR) is 83.0 cm³/mol. The molecule has 112 valence electrons. The Hall–Kier alpha value is -0.975. The van der Waals surface area contributed by atoms with Crippen LogP contribution in [0.3, 0.4) is 0 Å². The number of rotatable bonds is 4. The Labute approximate surface area is 128 Å².